The van der Waals surface area contributed by atoms with Gasteiger partial charge in [0.1, 0.15) is 17.6 Å². The molecule has 7 heteroatoms. The molecule has 4 rings (SSSR count). The summed E-state index contributed by atoms with van der Waals surface area (Å²) in [5.74, 6) is 0.954. The van der Waals surface area contributed by atoms with Crippen LogP contribution in [0.4, 0.5) is 5.69 Å². The van der Waals surface area contributed by atoms with E-state index in [2.05, 4.69) is 14.1 Å². The number of benzene rings is 2. The average molecular weight is 313 g/mol. The first kappa shape index (κ1) is 13.0. The topological polar surface area (TPSA) is 73.3 Å². The summed E-state index contributed by atoms with van der Waals surface area (Å²) in [5.41, 5.74) is 2.06. The highest BCUT2D eigenvalue weighted by atomic mass is 32.1. The van der Waals surface area contributed by atoms with Crippen LogP contribution >= 0.6 is 11.7 Å². The van der Waals surface area contributed by atoms with Gasteiger partial charge in [0, 0.05) is 0 Å². The van der Waals surface area contributed by atoms with E-state index < -0.39 is 6.10 Å². The van der Waals surface area contributed by atoms with E-state index >= 15 is 0 Å². The van der Waals surface area contributed by atoms with E-state index in [0.29, 0.717) is 22.7 Å². The summed E-state index contributed by atoms with van der Waals surface area (Å²) < 4.78 is 19.6. The number of fused-ring (bicyclic) bond motifs is 2. The Kier molecular flexibility index (Phi) is 3.12. The van der Waals surface area contributed by atoms with E-state index in [1.165, 1.54) is 0 Å². The molecule has 0 saturated carbocycles. The molecule has 1 aliphatic heterocycles. The predicted octanol–water partition coefficient (Wildman–Crippen LogP) is 2.47. The Bertz CT molecular complexity index is 849. The molecular formula is C15H11N3O3S. The third kappa shape index (κ3) is 2.25. The lowest BCUT2D eigenvalue weighted by molar-refractivity contribution is -0.125. The molecule has 1 amide bonds. The molecule has 0 spiro atoms. The van der Waals surface area contributed by atoms with Crippen LogP contribution in [0.15, 0.2) is 42.5 Å². The van der Waals surface area contributed by atoms with Crippen molar-refractivity contribution in [3.8, 4) is 11.5 Å². The molecule has 22 heavy (non-hydrogen) atoms. The molecular weight excluding hydrogens is 302 g/mol. The lowest BCUT2D eigenvalue weighted by Crippen LogP contribution is -2.40. The molecule has 0 bridgehead atoms. The molecule has 2 aromatic carbocycles. The van der Waals surface area contributed by atoms with Gasteiger partial charge in [-0.25, -0.2) is 0 Å². The third-order valence-electron chi connectivity index (χ3n) is 3.34. The van der Waals surface area contributed by atoms with Gasteiger partial charge in [0.15, 0.2) is 11.5 Å². The zero-order valence-electron chi connectivity index (χ0n) is 11.4. The molecule has 110 valence electrons. The summed E-state index contributed by atoms with van der Waals surface area (Å²) in [7, 11) is 0. The van der Waals surface area contributed by atoms with E-state index in [9.17, 15) is 4.79 Å². The van der Waals surface area contributed by atoms with Crippen molar-refractivity contribution in [2.45, 2.75) is 6.10 Å². The Morgan fingerprint density at radius 2 is 2.00 bits per heavy atom. The van der Waals surface area contributed by atoms with Gasteiger partial charge in [-0.15, -0.1) is 0 Å². The minimum absolute atomic E-state index is 0.175. The van der Waals surface area contributed by atoms with Crippen LogP contribution in [0.1, 0.15) is 0 Å². The fourth-order valence-electron chi connectivity index (χ4n) is 2.27. The maximum Gasteiger partial charge on any atom is 0.269 e. The molecule has 2 heterocycles. The summed E-state index contributed by atoms with van der Waals surface area (Å²) >= 11 is 1.11. The van der Waals surface area contributed by atoms with Gasteiger partial charge in [-0.05, 0) is 24.3 Å². The smallest absolute Gasteiger partial charge is 0.269 e. The Hall–Kier alpha value is -2.67. The fraction of sp³-hybridized carbons (Fsp3) is 0.133. The monoisotopic (exact) mass is 313 g/mol. The van der Waals surface area contributed by atoms with Crippen molar-refractivity contribution in [2.24, 2.45) is 0 Å². The van der Waals surface area contributed by atoms with Crippen LogP contribution in [0.25, 0.3) is 11.0 Å². The summed E-state index contributed by atoms with van der Waals surface area (Å²) in [6.07, 6.45) is -0.697. The van der Waals surface area contributed by atoms with Gasteiger partial charge in [0.25, 0.3) is 5.91 Å². The third-order valence-corrected chi connectivity index (χ3v) is 3.89. The highest BCUT2D eigenvalue weighted by Crippen LogP contribution is 2.31. The van der Waals surface area contributed by atoms with Gasteiger partial charge in [0.2, 0.25) is 6.10 Å². The molecule has 1 aliphatic rings. The van der Waals surface area contributed by atoms with Gasteiger partial charge < -0.3 is 14.8 Å². The zero-order chi connectivity index (χ0) is 14.9. The van der Waals surface area contributed by atoms with Crippen LogP contribution in [-0.4, -0.2) is 27.4 Å². The largest absolute Gasteiger partial charge is 0.485 e. The highest BCUT2D eigenvalue weighted by Gasteiger charge is 2.27. The first-order valence-electron chi connectivity index (χ1n) is 6.72. The van der Waals surface area contributed by atoms with Crippen molar-refractivity contribution in [1.82, 2.24) is 8.75 Å². The number of ether oxygens (including phenoxy) is 2. The SMILES string of the molecule is O=C(Nc1cccc2nsnc12)[C@H]1COc2ccccc2O1. The van der Waals surface area contributed by atoms with E-state index in [-0.39, 0.29) is 12.5 Å². The quantitative estimate of drug-likeness (QED) is 0.787. The van der Waals surface area contributed by atoms with Crippen LogP contribution in [-0.2, 0) is 4.79 Å². The zero-order valence-corrected chi connectivity index (χ0v) is 12.2. The molecule has 0 aliphatic carbocycles. The molecule has 1 N–H and O–H groups in total. The molecule has 0 fully saturated rings. The fourth-order valence-corrected chi connectivity index (χ4v) is 2.82. The average Bonchev–Trinajstić information content (AvgIpc) is 3.04. The maximum absolute atomic E-state index is 12.4. The Balaban J connectivity index is 1.55. The predicted molar refractivity (Wildman–Crippen MR) is 82.4 cm³/mol. The second-order valence-electron chi connectivity index (χ2n) is 4.79. The number of anilines is 1. The van der Waals surface area contributed by atoms with E-state index in [1.54, 1.807) is 12.1 Å². The number of aromatic nitrogens is 2. The number of rotatable bonds is 2. The van der Waals surface area contributed by atoms with Crippen molar-refractivity contribution < 1.29 is 14.3 Å². The van der Waals surface area contributed by atoms with Crippen LogP contribution in [0, 0.1) is 0 Å². The Morgan fingerprint density at radius 3 is 2.91 bits per heavy atom. The summed E-state index contributed by atoms with van der Waals surface area (Å²) in [4.78, 5) is 12.4. The number of nitrogens with one attached hydrogen (secondary N) is 1. The highest BCUT2D eigenvalue weighted by molar-refractivity contribution is 7.00. The van der Waals surface area contributed by atoms with Crippen LogP contribution in [0.2, 0.25) is 0 Å². The number of amides is 1. The van der Waals surface area contributed by atoms with Crippen molar-refractivity contribution >= 4 is 34.4 Å². The van der Waals surface area contributed by atoms with Gasteiger partial charge in [-0.3, -0.25) is 4.79 Å². The normalized spacial score (nSPS) is 16.5. The number of nitrogens with zero attached hydrogens (tertiary/aromatic N) is 2. The van der Waals surface area contributed by atoms with Crippen molar-refractivity contribution in [3.63, 3.8) is 0 Å². The van der Waals surface area contributed by atoms with Crippen molar-refractivity contribution in [3.05, 3.63) is 42.5 Å². The minimum atomic E-state index is -0.697. The van der Waals surface area contributed by atoms with Crippen LogP contribution < -0.4 is 14.8 Å². The lowest BCUT2D eigenvalue weighted by Gasteiger charge is -2.25. The molecule has 0 saturated heterocycles. The second-order valence-corrected chi connectivity index (χ2v) is 5.32. The number of hydrogen-bond donors (Lipinski definition) is 1. The molecule has 1 atom stereocenters. The van der Waals surface area contributed by atoms with E-state index in [1.807, 2.05) is 30.3 Å². The second kappa shape index (κ2) is 5.27. The standard InChI is InChI=1S/C15H11N3O3S/c19-15(13-8-20-11-6-1-2-7-12(11)21-13)16-9-4-3-5-10-14(9)18-22-17-10/h1-7,13H,8H2,(H,16,19)/t13-/m1/s1. The first-order valence-corrected chi connectivity index (χ1v) is 7.45. The summed E-state index contributed by atoms with van der Waals surface area (Å²) in [6, 6.07) is 12.8. The van der Waals surface area contributed by atoms with Crippen molar-refractivity contribution in [2.75, 3.05) is 11.9 Å². The maximum atomic E-state index is 12.4. The number of hydrogen-bond acceptors (Lipinski definition) is 6. The number of carbonyl (C=O) groups excluding carboxylic acids is 1. The molecule has 1 aromatic heterocycles. The summed E-state index contributed by atoms with van der Waals surface area (Å²) in [6.45, 7) is 0.175. The molecule has 3 aromatic rings. The summed E-state index contributed by atoms with van der Waals surface area (Å²) in [5, 5.41) is 2.83. The van der Waals surface area contributed by atoms with Crippen molar-refractivity contribution in [1.29, 1.82) is 0 Å². The molecule has 0 radical (unpaired) electrons. The van der Waals surface area contributed by atoms with E-state index in [4.69, 9.17) is 9.47 Å². The number of carbonyl (C=O) groups is 1. The van der Waals surface area contributed by atoms with Crippen LogP contribution in [0.5, 0.6) is 11.5 Å². The molecule has 0 unspecified atom stereocenters. The number of para-hydroxylation sites is 2. The Morgan fingerprint density at radius 1 is 1.14 bits per heavy atom. The van der Waals surface area contributed by atoms with Gasteiger partial charge in [-0.1, -0.05) is 18.2 Å². The van der Waals surface area contributed by atoms with E-state index in [0.717, 1.165) is 17.2 Å². The molecule has 6 nitrogen and oxygen atoms in total. The van der Waals surface area contributed by atoms with Gasteiger partial charge >= 0.3 is 0 Å². The lowest BCUT2D eigenvalue weighted by atomic mass is 10.2. The van der Waals surface area contributed by atoms with Gasteiger partial charge in [0.05, 0.1) is 17.4 Å². The Labute approximate surface area is 130 Å². The van der Waals surface area contributed by atoms with Gasteiger partial charge in [-0.2, -0.15) is 8.75 Å². The van der Waals surface area contributed by atoms with Crippen LogP contribution in [0.3, 0.4) is 0 Å². The first-order chi connectivity index (χ1) is 10.8. The minimum Gasteiger partial charge on any atom is -0.485 e.